The third-order valence-corrected chi connectivity index (χ3v) is 15.1. The minimum atomic E-state index is -2.62. The van der Waals surface area contributed by atoms with Crippen molar-refractivity contribution >= 4 is 59.0 Å². The average Bonchev–Trinajstić information content (AvgIpc) is 3.88. The van der Waals surface area contributed by atoms with Gasteiger partial charge in [-0.1, -0.05) is 30.7 Å². The standard InChI is InChI=1S/C49H60N11O5P/c1-7-33-24-40(53-49-50-27-38(35-26-51-56(3)29-35)46(55-49)52-39-11-8-31(2)22-44(39)66(5,6)64)43(65-4)25-42(33)59-16-14-36(15-17-59)58-20-18-57(19-21-58)28-32-9-10-37-34(23-32)30-60(48(37)63)41-12-13-45(61)54-47(41)62/h8-11,22-27,29,36,41H,7,12-21,28,30H2,1-6H3,(H,54,61,62)(H2,50,52,53,55). The van der Waals surface area contributed by atoms with Crippen molar-refractivity contribution < 1.29 is 23.7 Å². The fourth-order valence-electron chi connectivity index (χ4n) is 9.95. The molecule has 3 N–H and O–H groups in total. The molecule has 16 nitrogen and oxygen atoms in total. The number of aryl methyl sites for hydroxylation is 3. The molecular formula is C49H60N11O5P. The number of hydrogen-bond donors (Lipinski definition) is 3. The van der Waals surface area contributed by atoms with Gasteiger partial charge < -0.3 is 29.7 Å². The lowest BCUT2D eigenvalue weighted by Gasteiger charge is -2.43. The van der Waals surface area contributed by atoms with E-state index in [0.717, 1.165) is 104 Å². The highest BCUT2D eigenvalue weighted by Crippen LogP contribution is 2.41. The summed E-state index contributed by atoms with van der Waals surface area (Å²) in [5.74, 6) is 0.866. The second kappa shape index (κ2) is 18.7. The maximum absolute atomic E-state index is 13.4. The van der Waals surface area contributed by atoms with Crippen LogP contribution in [0.5, 0.6) is 5.75 Å². The number of hydrogen-bond acceptors (Lipinski definition) is 13. The number of imide groups is 1. The van der Waals surface area contributed by atoms with E-state index in [2.05, 4.69) is 60.9 Å². The largest absolute Gasteiger partial charge is 0.494 e. The molecule has 6 heterocycles. The first-order chi connectivity index (χ1) is 31.7. The van der Waals surface area contributed by atoms with Crippen LogP contribution in [0.3, 0.4) is 0 Å². The molecule has 0 saturated carbocycles. The molecular weight excluding hydrogens is 854 g/mol. The Morgan fingerprint density at radius 3 is 2.38 bits per heavy atom. The van der Waals surface area contributed by atoms with Crippen LogP contribution >= 0.6 is 7.14 Å². The van der Waals surface area contributed by atoms with Crippen LogP contribution in [0, 0.1) is 6.92 Å². The molecule has 0 bridgehead atoms. The Kier molecular flexibility index (Phi) is 12.7. The summed E-state index contributed by atoms with van der Waals surface area (Å²) in [6.45, 7) is 14.8. The van der Waals surface area contributed by atoms with Gasteiger partial charge in [0.05, 0.1) is 24.7 Å². The number of methoxy groups -OCH3 is 1. The van der Waals surface area contributed by atoms with Gasteiger partial charge in [0.25, 0.3) is 5.91 Å². The zero-order valence-electron chi connectivity index (χ0n) is 38.8. The molecule has 1 atom stereocenters. The Labute approximate surface area is 386 Å². The number of piperazine rings is 1. The van der Waals surface area contributed by atoms with Crippen LogP contribution in [0.15, 0.2) is 67.1 Å². The van der Waals surface area contributed by atoms with Gasteiger partial charge in [0.1, 0.15) is 24.8 Å². The highest BCUT2D eigenvalue weighted by Gasteiger charge is 2.39. The molecule has 9 rings (SSSR count). The number of amides is 3. The third-order valence-electron chi connectivity index (χ3n) is 13.5. The van der Waals surface area contributed by atoms with Gasteiger partial charge in [-0.2, -0.15) is 10.1 Å². The molecule has 0 aliphatic carbocycles. The smallest absolute Gasteiger partial charge is 0.255 e. The van der Waals surface area contributed by atoms with E-state index in [0.29, 0.717) is 42.1 Å². The summed E-state index contributed by atoms with van der Waals surface area (Å²) < 4.78 is 21.2. The van der Waals surface area contributed by atoms with E-state index in [1.165, 1.54) is 16.8 Å². The summed E-state index contributed by atoms with van der Waals surface area (Å²) in [6, 6.07) is 16.2. The summed E-state index contributed by atoms with van der Waals surface area (Å²) in [6.07, 6.45) is 9.09. The predicted octanol–water partition coefficient (Wildman–Crippen LogP) is 6.04. The first-order valence-corrected chi connectivity index (χ1v) is 25.6. The number of nitrogens with zero attached hydrogens (tertiary/aromatic N) is 8. The summed E-state index contributed by atoms with van der Waals surface area (Å²) >= 11 is 0. The highest BCUT2D eigenvalue weighted by atomic mass is 31.2. The topological polar surface area (TPSA) is 170 Å². The molecule has 3 saturated heterocycles. The SMILES string of the molecule is CCc1cc(Nc2ncc(-c3cnn(C)c3)c(Nc3ccc(C)cc3P(C)(C)=O)n2)c(OC)cc1N1CCC(N2CCN(Cc3ccc4c(c3)CN(C3CCC(=O)NC3=O)C4=O)CC2)CC1. The minimum Gasteiger partial charge on any atom is -0.494 e. The second-order valence-electron chi connectivity index (χ2n) is 18.4. The van der Waals surface area contributed by atoms with Crippen LogP contribution in [0.25, 0.3) is 11.1 Å². The van der Waals surface area contributed by atoms with Crippen molar-refractivity contribution in [2.75, 3.05) is 75.2 Å². The third kappa shape index (κ3) is 9.45. The molecule has 1 unspecified atom stereocenters. The maximum Gasteiger partial charge on any atom is 0.255 e. The van der Waals surface area contributed by atoms with Crippen molar-refractivity contribution in [3.05, 3.63) is 94.9 Å². The van der Waals surface area contributed by atoms with E-state index in [4.69, 9.17) is 14.7 Å². The van der Waals surface area contributed by atoms with E-state index >= 15 is 0 Å². The fourth-order valence-corrected chi connectivity index (χ4v) is 11.2. The van der Waals surface area contributed by atoms with Gasteiger partial charge in [0.15, 0.2) is 0 Å². The minimum absolute atomic E-state index is 0.135. The molecule has 3 fully saturated rings. The van der Waals surface area contributed by atoms with Crippen molar-refractivity contribution in [2.24, 2.45) is 7.05 Å². The van der Waals surface area contributed by atoms with Crippen LogP contribution in [0.4, 0.5) is 28.8 Å². The highest BCUT2D eigenvalue weighted by molar-refractivity contribution is 7.70. The van der Waals surface area contributed by atoms with Crippen LogP contribution < -0.4 is 30.9 Å². The number of ether oxygens (including phenoxy) is 1. The van der Waals surface area contributed by atoms with Gasteiger partial charge in [-0.3, -0.25) is 34.2 Å². The molecule has 0 spiro atoms. The molecule has 17 heteroatoms. The average molecular weight is 914 g/mol. The molecule has 0 radical (unpaired) electrons. The van der Waals surface area contributed by atoms with Crippen molar-refractivity contribution in [1.29, 1.82) is 0 Å². The lowest BCUT2D eigenvalue weighted by Crippen LogP contribution is -2.53. The second-order valence-corrected chi connectivity index (χ2v) is 21.6. The van der Waals surface area contributed by atoms with Crippen LogP contribution in [0.2, 0.25) is 0 Å². The van der Waals surface area contributed by atoms with Gasteiger partial charge in [-0.25, -0.2) is 4.98 Å². The summed E-state index contributed by atoms with van der Waals surface area (Å²) in [7, 11) is 0.938. The number of benzene rings is 3. The molecule has 3 amide bonds. The number of nitrogens with one attached hydrogen (secondary N) is 3. The van der Waals surface area contributed by atoms with E-state index in [9.17, 15) is 18.9 Å². The quantitative estimate of drug-likeness (QED) is 0.0925. The van der Waals surface area contributed by atoms with Crippen LogP contribution in [-0.2, 0) is 40.7 Å². The van der Waals surface area contributed by atoms with Crippen molar-refractivity contribution in [3.8, 4) is 16.9 Å². The van der Waals surface area contributed by atoms with Crippen LogP contribution in [0.1, 0.15) is 65.2 Å². The number of aromatic nitrogens is 4. The van der Waals surface area contributed by atoms with Crippen molar-refractivity contribution in [3.63, 3.8) is 0 Å². The fraction of sp³-hybridized carbons (Fsp3) is 0.429. The summed E-state index contributed by atoms with van der Waals surface area (Å²) in [5.41, 5.74) is 9.33. The Hall–Kier alpha value is -6.09. The normalized spacial score (nSPS) is 18.7. The zero-order chi connectivity index (χ0) is 46.3. The molecule has 3 aromatic carbocycles. The Morgan fingerprint density at radius 1 is 0.894 bits per heavy atom. The first kappa shape index (κ1) is 45.1. The number of carbonyl (C=O) groups excluding carboxylic acids is 3. The maximum atomic E-state index is 13.4. The van der Waals surface area contributed by atoms with Gasteiger partial charge in [-0.15, -0.1) is 0 Å². The molecule has 66 heavy (non-hydrogen) atoms. The van der Waals surface area contributed by atoms with Gasteiger partial charge in [0.2, 0.25) is 17.8 Å². The number of anilines is 5. The lowest BCUT2D eigenvalue weighted by molar-refractivity contribution is -0.136. The van der Waals surface area contributed by atoms with E-state index in [1.807, 2.05) is 50.5 Å². The lowest BCUT2D eigenvalue weighted by atomic mass is 9.99. The number of piperidine rings is 2. The summed E-state index contributed by atoms with van der Waals surface area (Å²) in [4.78, 5) is 56.4. The van der Waals surface area contributed by atoms with E-state index in [-0.39, 0.29) is 24.1 Å². The Balaban J connectivity index is 0.829. The van der Waals surface area contributed by atoms with Gasteiger partial charge >= 0.3 is 0 Å². The Morgan fingerprint density at radius 2 is 1.68 bits per heavy atom. The molecule has 4 aliphatic rings. The number of carbonyl (C=O) groups is 3. The van der Waals surface area contributed by atoms with Crippen LogP contribution in [-0.4, -0.2) is 124 Å². The number of fused-ring (bicyclic) bond motifs is 1. The van der Waals surface area contributed by atoms with Crippen molar-refractivity contribution in [2.45, 2.75) is 71.1 Å². The molecule has 346 valence electrons. The van der Waals surface area contributed by atoms with Crippen molar-refractivity contribution in [1.82, 2.24) is 39.8 Å². The van der Waals surface area contributed by atoms with E-state index < -0.39 is 13.2 Å². The predicted molar refractivity (Wildman–Crippen MR) is 258 cm³/mol. The Bertz CT molecular complexity index is 2720. The molecule has 2 aromatic heterocycles. The van der Waals surface area contributed by atoms with Gasteiger partial charge in [-0.05, 0) is 86.9 Å². The van der Waals surface area contributed by atoms with Gasteiger partial charge in [0, 0.05) is 118 Å². The summed E-state index contributed by atoms with van der Waals surface area (Å²) in [5, 5.41) is 14.5. The number of rotatable bonds is 13. The first-order valence-electron chi connectivity index (χ1n) is 23.0. The molecule has 4 aliphatic heterocycles. The van der Waals surface area contributed by atoms with E-state index in [1.54, 1.807) is 42.4 Å². The monoisotopic (exact) mass is 913 g/mol. The molecule has 5 aromatic rings. The zero-order valence-corrected chi connectivity index (χ0v) is 39.7.